The zero-order valence-electron chi connectivity index (χ0n) is 17.6. The molecule has 1 N–H and O–H groups in total. The molecular formula is C23H21N5O5. The third-order valence-electron chi connectivity index (χ3n) is 5.49. The number of nitro benzene ring substituents is 2. The lowest BCUT2D eigenvalue weighted by atomic mass is 10.1. The lowest BCUT2D eigenvalue weighted by molar-refractivity contribution is -0.384. The van der Waals surface area contributed by atoms with Crippen LogP contribution in [-0.4, -0.2) is 46.8 Å². The van der Waals surface area contributed by atoms with Crippen LogP contribution in [0.2, 0.25) is 0 Å². The van der Waals surface area contributed by atoms with Gasteiger partial charge in [-0.05, 0) is 36.4 Å². The second kappa shape index (κ2) is 9.35. The van der Waals surface area contributed by atoms with Crippen LogP contribution in [0.5, 0.6) is 0 Å². The molecule has 0 bridgehead atoms. The number of hydrogen-bond acceptors (Lipinski definition) is 7. The van der Waals surface area contributed by atoms with Crippen molar-refractivity contribution in [1.82, 2.24) is 4.90 Å². The van der Waals surface area contributed by atoms with Gasteiger partial charge in [0.15, 0.2) is 0 Å². The van der Waals surface area contributed by atoms with Crippen LogP contribution < -0.4 is 10.2 Å². The van der Waals surface area contributed by atoms with Crippen LogP contribution in [0.25, 0.3) is 0 Å². The summed E-state index contributed by atoms with van der Waals surface area (Å²) in [5.74, 6) is -0.271. The molecule has 4 rings (SSSR count). The number of nitro groups is 2. The van der Waals surface area contributed by atoms with E-state index in [4.69, 9.17) is 0 Å². The van der Waals surface area contributed by atoms with Crippen molar-refractivity contribution in [2.75, 3.05) is 36.4 Å². The van der Waals surface area contributed by atoms with Crippen LogP contribution in [0, 0.1) is 20.2 Å². The molecule has 0 spiro atoms. The highest BCUT2D eigenvalue weighted by Gasteiger charge is 2.25. The average Bonchev–Trinajstić information content (AvgIpc) is 2.84. The lowest BCUT2D eigenvalue weighted by Crippen LogP contribution is -2.48. The molecule has 0 aliphatic carbocycles. The second-order valence-electron chi connectivity index (χ2n) is 7.53. The highest BCUT2D eigenvalue weighted by molar-refractivity contribution is 5.96. The molecule has 1 heterocycles. The molecule has 1 amide bonds. The van der Waals surface area contributed by atoms with Crippen molar-refractivity contribution in [1.29, 1.82) is 0 Å². The van der Waals surface area contributed by atoms with Crippen LogP contribution in [-0.2, 0) is 0 Å². The quantitative estimate of drug-likeness (QED) is 0.444. The van der Waals surface area contributed by atoms with Gasteiger partial charge in [-0.25, -0.2) is 0 Å². The number of para-hydroxylation sites is 1. The molecular weight excluding hydrogens is 426 g/mol. The van der Waals surface area contributed by atoms with Crippen LogP contribution in [0.15, 0.2) is 72.8 Å². The van der Waals surface area contributed by atoms with Crippen molar-refractivity contribution in [3.8, 4) is 0 Å². The SMILES string of the molecule is O=C(c1ccc(Nc2ccccc2)c([N+](=O)[O-])c1)N1CCN(c2ccc([N+](=O)[O-])cc2)CC1. The topological polar surface area (TPSA) is 122 Å². The fourth-order valence-corrected chi connectivity index (χ4v) is 3.73. The molecule has 3 aromatic rings. The van der Waals surface area contributed by atoms with E-state index in [2.05, 4.69) is 5.32 Å². The number of nitrogens with one attached hydrogen (secondary N) is 1. The molecule has 10 heteroatoms. The predicted octanol–water partition coefficient (Wildman–Crippen LogP) is 4.21. The smallest absolute Gasteiger partial charge is 0.293 e. The van der Waals surface area contributed by atoms with Crippen molar-refractivity contribution in [2.45, 2.75) is 0 Å². The molecule has 168 valence electrons. The van der Waals surface area contributed by atoms with E-state index in [9.17, 15) is 25.0 Å². The van der Waals surface area contributed by atoms with Crippen LogP contribution in [0.1, 0.15) is 10.4 Å². The molecule has 0 atom stereocenters. The van der Waals surface area contributed by atoms with E-state index >= 15 is 0 Å². The van der Waals surface area contributed by atoms with Crippen LogP contribution >= 0.6 is 0 Å². The zero-order valence-corrected chi connectivity index (χ0v) is 17.6. The molecule has 0 saturated carbocycles. The lowest BCUT2D eigenvalue weighted by Gasteiger charge is -2.36. The summed E-state index contributed by atoms with van der Waals surface area (Å²) in [6, 6.07) is 19.8. The van der Waals surface area contributed by atoms with Gasteiger partial charge in [0.1, 0.15) is 5.69 Å². The summed E-state index contributed by atoms with van der Waals surface area (Å²) >= 11 is 0. The Balaban J connectivity index is 1.44. The summed E-state index contributed by atoms with van der Waals surface area (Å²) in [5.41, 5.74) is 1.98. The minimum absolute atomic E-state index is 0.0272. The Hall–Kier alpha value is -4.47. The molecule has 1 aliphatic rings. The van der Waals surface area contributed by atoms with Gasteiger partial charge in [-0.15, -0.1) is 0 Å². The van der Waals surface area contributed by atoms with Crippen molar-refractivity contribution in [2.24, 2.45) is 0 Å². The van der Waals surface area contributed by atoms with E-state index in [1.807, 2.05) is 23.1 Å². The van der Waals surface area contributed by atoms with Gasteiger partial charge in [0, 0.05) is 61.3 Å². The number of non-ortho nitro benzene ring substituents is 1. The first-order valence-electron chi connectivity index (χ1n) is 10.3. The van der Waals surface area contributed by atoms with Gasteiger partial charge in [0.25, 0.3) is 17.3 Å². The first kappa shape index (κ1) is 21.8. The minimum atomic E-state index is -0.505. The number of nitrogens with zero attached hydrogens (tertiary/aromatic N) is 4. The number of hydrogen-bond donors (Lipinski definition) is 1. The standard InChI is InChI=1S/C23H21N5O5/c29-23(26-14-12-25(13-15-26)19-7-9-20(10-8-19)27(30)31)17-6-11-21(22(16-17)28(32)33)24-18-4-2-1-3-5-18/h1-11,16,24H,12-15H2. The number of benzene rings is 3. The highest BCUT2D eigenvalue weighted by atomic mass is 16.6. The van der Waals surface area contributed by atoms with Gasteiger partial charge in [0.05, 0.1) is 9.85 Å². The van der Waals surface area contributed by atoms with E-state index in [-0.39, 0.29) is 22.8 Å². The van der Waals surface area contributed by atoms with Gasteiger partial charge in [-0.1, -0.05) is 18.2 Å². The molecule has 1 aliphatic heterocycles. The molecule has 10 nitrogen and oxygen atoms in total. The normalized spacial score (nSPS) is 13.5. The van der Waals surface area contributed by atoms with Crippen molar-refractivity contribution in [3.05, 3.63) is 98.6 Å². The third-order valence-corrected chi connectivity index (χ3v) is 5.49. The highest BCUT2D eigenvalue weighted by Crippen LogP contribution is 2.29. The molecule has 33 heavy (non-hydrogen) atoms. The number of rotatable bonds is 6. The van der Waals surface area contributed by atoms with Gasteiger partial charge in [0.2, 0.25) is 0 Å². The molecule has 0 radical (unpaired) electrons. The number of carbonyl (C=O) groups is 1. The number of anilines is 3. The van der Waals surface area contributed by atoms with E-state index in [0.717, 1.165) is 5.69 Å². The zero-order chi connectivity index (χ0) is 23.4. The summed E-state index contributed by atoms with van der Waals surface area (Å²) in [6.45, 7) is 1.99. The fraction of sp³-hybridized carbons (Fsp3) is 0.174. The summed E-state index contributed by atoms with van der Waals surface area (Å²) in [4.78, 5) is 38.2. The van der Waals surface area contributed by atoms with Gasteiger partial charge in [-0.2, -0.15) is 0 Å². The largest absolute Gasteiger partial charge is 0.368 e. The van der Waals surface area contributed by atoms with Crippen molar-refractivity contribution in [3.63, 3.8) is 0 Å². The van der Waals surface area contributed by atoms with E-state index in [1.165, 1.54) is 18.2 Å². The Morgan fingerprint density at radius 2 is 1.48 bits per heavy atom. The maximum Gasteiger partial charge on any atom is 0.293 e. The van der Waals surface area contributed by atoms with Gasteiger partial charge < -0.3 is 15.1 Å². The van der Waals surface area contributed by atoms with Gasteiger partial charge in [-0.3, -0.25) is 25.0 Å². The molecule has 1 saturated heterocycles. The van der Waals surface area contributed by atoms with Crippen molar-refractivity contribution >= 4 is 34.3 Å². The van der Waals surface area contributed by atoms with E-state index in [0.29, 0.717) is 37.6 Å². The number of amides is 1. The second-order valence-corrected chi connectivity index (χ2v) is 7.53. The summed E-state index contributed by atoms with van der Waals surface area (Å²) < 4.78 is 0. The number of piperazine rings is 1. The maximum absolute atomic E-state index is 13.0. The summed E-state index contributed by atoms with van der Waals surface area (Å²) in [5, 5.41) is 25.5. The molecule has 0 aromatic heterocycles. The Labute approximate surface area is 189 Å². The van der Waals surface area contributed by atoms with Gasteiger partial charge >= 0.3 is 0 Å². The fourth-order valence-electron chi connectivity index (χ4n) is 3.73. The Bertz CT molecular complexity index is 1180. The monoisotopic (exact) mass is 447 g/mol. The minimum Gasteiger partial charge on any atom is -0.368 e. The Morgan fingerprint density at radius 1 is 0.818 bits per heavy atom. The predicted molar refractivity (Wildman–Crippen MR) is 124 cm³/mol. The summed E-state index contributed by atoms with van der Waals surface area (Å²) in [6.07, 6.45) is 0. The van der Waals surface area contributed by atoms with Crippen molar-refractivity contribution < 1.29 is 14.6 Å². The summed E-state index contributed by atoms with van der Waals surface area (Å²) in [7, 11) is 0. The molecule has 3 aromatic carbocycles. The van der Waals surface area contributed by atoms with E-state index < -0.39 is 9.85 Å². The van der Waals surface area contributed by atoms with Crippen LogP contribution in [0.3, 0.4) is 0 Å². The first-order chi connectivity index (χ1) is 15.9. The first-order valence-corrected chi connectivity index (χ1v) is 10.3. The molecule has 1 fully saturated rings. The molecule has 0 unspecified atom stereocenters. The van der Waals surface area contributed by atoms with Crippen LogP contribution in [0.4, 0.5) is 28.4 Å². The third kappa shape index (κ3) is 4.90. The Kier molecular flexibility index (Phi) is 6.16. The number of carbonyl (C=O) groups excluding carboxylic acids is 1. The Morgan fingerprint density at radius 3 is 2.09 bits per heavy atom. The maximum atomic E-state index is 13.0. The van der Waals surface area contributed by atoms with E-state index in [1.54, 1.807) is 41.3 Å². The average molecular weight is 447 g/mol.